The highest BCUT2D eigenvalue weighted by atomic mass is 19.1. The lowest BCUT2D eigenvalue weighted by molar-refractivity contribution is 0.0696. The number of rotatable bonds is 4. The second-order valence-corrected chi connectivity index (χ2v) is 5.62. The Morgan fingerprint density at radius 3 is 2.22 bits per heavy atom. The summed E-state index contributed by atoms with van der Waals surface area (Å²) in [5, 5.41) is 11.1. The molecule has 7 heteroatoms. The van der Waals surface area contributed by atoms with Crippen molar-refractivity contribution in [2.75, 3.05) is 5.32 Å². The Hall–Kier alpha value is -3.61. The van der Waals surface area contributed by atoms with Crippen molar-refractivity contribution < 1.29 is 27.9 Å². The molecule has 0 unspecified atom stereocenters. The first-order valence-electron chi connectivity index (χ1n) is 7.75. The number of hydrogen-bond donors (Lipinski definition) is 2. The quantitative estimate of drug-likeness (QED) is 0.697. The van der Waals surface area contributed by atoms with E-state index in [4.69, 9.17) is 5.11 Å². The topological polar surface area (TPSA) is 66.4 Å². The van der Waals surface area contributed by atoms with Gasteiger partial charge in [0.2, 0.25) is 0 Å². The zero-order valence-corrected chi connectivity index (χ0v) is 13.7. The van der Waals surface area contributed by atoms with Gasteiger partial charge in [-0.1, -0.05) is 24.3 Å². The lowest BCUT2D eigenvalue weighted by Crippen LogP contribution is -2.15. The zero-order chi connectivity index (χ0) is 19.6. The standard InChI is InChI=1S/C20H12F3NO3/c21-12-6-7-13(14-3-1-2-4-16(14)22)15(10-12)19(25)24-18-8-5-11(20(26)27)9-17(18)23/h1-10H,(H,24,25)(H,26,27). The van der Waals surface area contributed by atoms with Crippen LogP contribution in [0.1, 0.15) is 20.7 Å². The van der Waals surface area contributed by atoms with E-state index < -0.39 is 29.3 Å². The van der Waals surface area contributed by atoms with Gasteiger partial charge in [-0.2, -0.15) is 0 Å². The fraction of sp³-hybridized carbons (Fsp3) is 0. The number of anilines is 1. The van der Waals surface area contributed by atoms with Gasteiger partial charge in [0.05, 0.1) is 16.8 Å². The molecule has 136 valence electrons. The second kappa shape index (κ2) is 7.33. The van der Waals surface area contributed by atoms with Crippen LogP contribution in [0.25, 0.3) is 11.1 Å². The summed E-state index contributed by atoms with van der Waals surface area (Å²) in [5.41, 5.74) is -0.544. The average Bonchev–Trinajstić information content (AvgIpc) is 2.63. The van der Waals surface area contributed by atoms with Gasteiger partial charge in [-0.05, 0) is 42.0 Å². The number of carbonyl (C=O) groups excluding carboxylic acids is 1. The minimum absolute atomic E-state index is 0.0874. The van der Waals surface area contributed by atoms with E-state index in [0.29, 0.717) is 0 Å². The van der Waals surface area contributed by atoms with Crippen molar-refractivity contribution >= 4 is 17.6 Å². The van der Waals surface area contributed by atoms with E-state index in [1.165, 1.54) is 24.3 Å². The van der Waals surface area contributed by atoms with Crippen LogP contribution in [-0.2, 0) is 0 Å². The molecule has 0 atom stereocenters. The molecule has 0 bridgehead atoms. The molecule has 3 aromatic rings. The smallest absolute Gasteiger partial charge is 0.335 e. The molecule has 3 rings (SSSR count). The maximum atomic E-state index is 14.1. The van der Waals surface area contributed by atoms with Gasteiger partial charge in [-0.3, -0.25) is 4.79 Å². The van der Waals surface area contributed by atoms with Gasteiger partial charge in [-0.15, -0.1) is 0 Å². The third-order valence-electron chi connectivity index (χ3n) is 3.85. The summed E-state index contributed by atoms with van der Waals surface area (Å²) in [4.78, 5) is 23.4. The van der Waals surface area contributed by atoms with Crippen LogP contribution >= 0.6 is 0 Å². The van der Waals surface area contributed by atoms with Crippen LogP contribution in [0.2, 0.25) is 0 Å². The molecule has 0 heterocycles. The van der Waals surface area contributed by atoms with Gasteiger partial charge < -0.3 is 10.4 Å². The molecular formula is C20H12F3NO3. The summed E-state index contributed by atoms with van der Waals surface area (Å²) in [5.74, 6) is -4.47. The van der Waals surface area contributed by atoms with Crippen LogP contribution in [0, 0.1) is 17.5 Å². The monoisotopic (exact) mass is 371 g/mol. The highest BCUT2D eigenvalue weighted by Gasteiger charge is 2.18. The third-order valence-corrected chi connectivity index (χ3v) is 3.85. The number of hydrogen-bond acceptors (Lipinski definition) is 2. The highest BCUT2D eigenvalue weighted by molar-refractivity contribution is 6.09. The predicted octanol–water partition coefficient (Wildman–Crippen LogP) is 4.72. The van der Waals surface area contributed by atoms with Crippen molar-refractivity contribution in [2.24, 2.45) is 0 Å². The second-order valence-electron chi connectivity index (χ2n) is 5.62. The van der Waals surface area contributed by atoms with Crippen LogP contribution in [-0.4, -0.2) is 17.0 Å². The van der Waals surface area contributed by atoms with Crippen molar-refractivity contribution in [1.82, 2.24) is 0 Å². The van der Waals surface area contributed by atoms with Gasteiger partial charge in [0, 0.05) is 5.56 Å². The molecular weight excluding hydrogens is 359 g/mol. The summed E-state index contributed by atoms with van der Waals surface area (Å²) in [6.45, 7) is 0. The SMILES string of the molecule is O=C(O)c1ccc(NC(=O)c2cc(F)ccc2-c2ccccc2F)c(F)c1. The first-order valence-corrected chi connectivity index (χ1v) is 7.75. The Labute approximate surface area is 151 Å². The average molecular weight is 371 g/mol. The van der Waals surface area contributed by atoms with E-state index in [-0.39, 0.29) is 27.9 Å². The molecule has 2 N–H and O–H groups in total. The summed E-state index contributed by atoms with van der Waals surface area (Å²) < 4.78 is 41.8. The fourth-order valence-corrected chi connectivity index (χ4v) is 2.56. The highest BCUT2D eigenvalue weighted by Crippen LogP contribution is 2.28. The summed E-state index contributed by atoms with van der Waals surface area (Å²) >= 11 is 0. The van der Waals surface area contributed by atoms with E-state index in [2.05, 4.69) is 5.32 Å². The minimum atomic E-state index is -1.32. The molecule has 0 aliphatic carbocycles. The largest absolute Gasteiger partial charge is 0.478 e. The molecule has 4 nitrogen and oxygen atoms in total. The fourth-order valence-electron chi connectivity index (χ4n) is 2.56. The number of benzene rings is 3. The van der Waals surface area contributed by atoms with Crippen molar-refractivity contribution in [2.45, 2.75) is 0 Å². The van der Waals surface area contributed by atoms with Gasteiger partial charge in [0.1, 0.15) is 17.5 Å². The molecule has 27 heavy (non-hydrogen) atoms. The Morgan fingerprint density at radius 1 is 0.815 bits per heavy atom. The van der Waals surface area contributed by atoms with Crippen LogP contribution in [0.5, 0.6) is 0 Å². The number of amides is 1. The predicted molar refractivity (Wildman–Crippen MR) is 93.1 cm³/mol. The first kappa shape index (κ1) is 18.2. The first-order chi connectivity index (χ1) is 12.9. The van der Waals surface area contributed by atoms with Gasteiger partial charge >= 0.3 is 5.97 Å². The Balaban J connectivity index is 1.99. The number of nitrogens with one attached hydrogen (secondary N) is 1. The van der Waals surface area contributed by atoms with Crippen LogP contribution in [0.15, 0.2) is 60.7 Å². The zero-order valence-electron chi connectivity index (χ0n) is 13.7. The lowest BCUT2D eigenvalue weighted by Gasteiger charge is -2.12. The van der Waals surface area contributed by atoms with Gasteiger partial charge in [0.25, 0.3) is 5.91 Å². The van der Waals surface area contributed by atoms with Crippen LogP contribution in [0.4, 0.5) is 18.9 Å². The summed E-state index contributed by atoms with van der Waals surface area (Å²) in [7, 11) is 0. The van der Waals surface area contributed by atoms with Crippen LogP contribution < -0.4 is 5.32 Å². The number of carboxylic acids is 1. The molecule has 0 saturated carbocycles. The van der Waals surface area contributed by atoms with Crippen molar-refractivity contribution in [3.05, 3.63) is 89.2 Å². The molecule has 0 fully saturated rings. The van der Waals surface area contributed by atoms with Crippen molar-refractivity contribution in [3.8, 4) is 11.1 Å². The van der Waals surface area contributed by atoms with Gasteiger partial charge in [-0.25, -0.2) is 18.0 Å². The maximum absolute atomic E-state index is 14.1. The Morgan fingerprint density at radius 2 is 1.56 bits per heavy atom. The van der Waals surface area contributed by atoms with Crippen molar-refractivity contribution in [3.63, 3.8) is 0 Å². The number of carbonyl (C=O) groups is 2. The van der Waals surface area contributed by atoms with E-state index in [0.717, 1.165) is 30.3 Å². The third kappa shape index (κ3) is 3.82. The molecule has 3 aromatic carbocycles. The molecule has 0 spiro atoms. The number of halogens is 3. The van der Waals surface area contributed by atoms with E-state index in [1.54, 1.807) is 6.07 Å². The summed E-state index contributed by atoms with van der Waals surface area (Å²) in [6.07, 6.45) is 0. The van der Waals surface area contributed by atoms with E-state index >= 15 is 0 Å². The lowest BCUT2D eigenvalue weighted by atomic mass is 9.98. The maximum Gasteiger partial charge on any atom is 0.335 e. The molecule has 0 radical (unpaired) electrons. The number of carboxylic acid groups (broad SMARTS) is 1. The Bertz CT molecular complexity index is 1050. The normalized spacial score (nSPS) is 10.5. The summed E-state index contributed by atoms with van der Waals surface area (Å²) in [6, 6.07) is 11.9. The molecule has 0 aliphatic rings. The van der Waals surface area contributed by atoms with Gasteiger partial charge in [0.15, 0.2) is 0 Å². The molecule has 0 saturated heterocycles. The van der Waals surface area contributed by atoms with Crippen LogP contribution in [0.3, 0.4) is 0 Å². The molecule has 0 aliphatic heterocycles. The van der Waals surface area contributed by atoms with E-state index in [1.807, 2.05) is 0 Å². The number of aromatic carboxylic acids is 1. The van der Waals surface area contributed by atoms with Crippen molar-refractivity contribution in [1.29, 1.82) is 0 Å². The van der Waals surface area contributed by atoms with E-state index in [9.17, 15) is 22.8 Å². The minimum Gasteiger partial charge on any atom is -0.478 e. The molecule has 1 amide bonds. The molecule has 0 aromatic heterocycles. The Kier molecular flexibility index (Phi) is 4.94.